The summed E-state index contributed by atoms with van der Waals surface area (Å²) >= 11 is 7.87. The molecular weight excluding hydrogens is 468 g/mol. The van der Waals surface area contributed by atoms with Crippen LogP contribution in [0.2, 0.25) is 5.13 Å². The minimum absolute atomic E-state index is 1.03. The van der Waals surface area contributed by atoms with Gasteiger partial charge in [-0.2, -0.15) is 0 Å². The van der Waals surface area contributed by atoms with Gasteiger partial charge >= 0.3 is 82.2 Å². The number of hydrogen-bond donors (Lipinski definition) is 0. The summed E-state index contributed by atoms with van der Waals surface area (Å²) in [4.78, 5) is 0. The molecule has 0 rings (SSSR count). The first-order valence-electron chi connectivity index (χ1n) is 2.03. The van der Waals surface area contributed by atoms with Gasteiger partial charge in [0.25, 0.3) is 0 Å². The second-order valence-corrected chi connectivity index (χ2v) is 46.9. The van der Waals surface area contributed by atoms with Crippen LogP contribution >= 0.6 is 59.9 Å². The SMILES string of the molecule is CC[CH2][V]([I])([I])[I]. The second kappa shape index (κ2) is 4.57. The molecule has 7 heavy (non-hydrogen) atoms. The Bertz CT molecular complexity index is 48.6. The van der Waals surface area contributed by atoms with Crippen LogP contribution in [0, 0.1) is 0 Å². The van der Waals surface area contributed by atoms with Gasteiger partial charge in [0.05, 0.1) is 0 Å². The van der Waals surface area contributed by atoms with Crippen molar-refractivity contribution in [3.63, 3.8) is 0 Å². The van der Waals surface area contributed by atoms with Gasteiger partial charge in [0.15, 0.2) is 0 Å². The summed E-state index contributed by atoms with van der Waals surface area (Å²) in [5, 5.41) is 1.47. The molecule has 0 saturated carbocycles. The summed E-state index contributed by atoms with van der Waals surface area (Å²) in [7, 11) is 0. The predicted octanol–water partition coefficient (Wildman–Crippen LogP) is 4.02. The quantitative estimate of drug-likeness (QED) is 0.531. The zero-order valence-electron chi connectivity index (χ0n) is 4.00. The van der Waals surface area contributed by atoms with E-state index in [4.69, 9.17) is 0 Å². The molecule has 0 heterocycles. The Kier molecular flexibility index (Phi) is 6.38. The van der Waals surface area contributed by atoms with Crippen molar-refractivity contribution in [1.29, 1.82) is 0 Å². The van der Waals surface area contributed by atoms with Crippen molar-refractivity contribution >= 4 is 59.9 Å². The molecule has 4 heteroatoms. The van der Waals surface area contributed by atoms with E-state index in [1.165, 1.54) is 11.6 Å². The Labute approximate surface area is 80.4 Å². The average molecular weight is 475 g/mol. The molecule has 0 aliphatic carbocycles. The van der Waals surface area contributed by atoms with Gasteiger partial charge in [0, 0.05) is 0 Å². The molecule has 0 spiro atoms. The predicted molar refractivity (Wildman–Crippen MR) is 57.2 cm³/mol. The molecule has 0 N–H and O–H groups in total. The van der Waals surface area contributed by atoms with Gasteiger partial charge in [-0.1, -0.05) is 0 Å². The van der Waals surface area contributed by atoms with Gasteiger partial charge in [-0.25, -0.2) is 0 Å². The summed E-state index contributed by atoms with van der Waals surface area (Å²) in [6.45, 7) is 2.26. The van der Waals surface area contributed by atoms with Crippen LogP contribution in [0.25, 0.3) is 0 Å². The van der Waals surface area contributed by atoms with Gasteiger partial charge < -0.3 is 0 Å². The van der Waals surface area contributed by atoms with E-state index in [-0.39, 0.29) is 0 Å². The fraction of sp³-hybridized carbons (Fsp3) is 1.00. The molecule has 0 nitrogen and oxygen atoms in total. The van der Waals surface area contributed by atoms with Gasteiger partial charge in [-0.3, -0.25) is 0 Å². The molecule has 0 atom stereocenters. The van der Waals surface area contributed by atoms with E-state index in [9.17, 15) is 0 Å². The van der Waals surface area contributed by atoms with Gasteiger partial charge in [0.1, 0.15) is 0 Å². The second-order valence-electron chi connectivity index (χ2n) is 1.27. The standard InChI is InChI=1S/C3H7.3HI.V/c1-3-2;;;;/h1,3H2,2H3;3*1H;/q;;;;+3/p-3. The Morgan fingerprint density at radius 1 is 1.29 bits per heavy atom. The van der Waals surface area contributed by atoms with Crippen molar-refractivity contribution < 1.29 is 3.79 Å². The third-order valence-corrected chi connectivity index (χ3v) is 7.93. The number of halogens is 3. The molecule has 0 aromatic heterocycles. The Hall–Kier alpha value is 2.77. The molecule has 0 aliphatic rings. The van der Waals surface area contributed by atoms with Crippen molar-refractivity contribution in [2.45, 2.75) is 18.5 Å². The van der Waals surface area contributed by atoms with Crippen LogP contribution in [-0.2, 0) is 3.79 Å². The molecule has 0 fully saturated rings. The van der Waals surface area contributed by atoms with E-state index < -0.39 is 3.79 Å². The van der Waals surface area contributed by atoms with E-state index in [0.717, 1.165) is 0 Å². The summed E-state index contributed by atoms with van der Waals surface area (Å²) in [6, 6.07) is 0. The summed E-state index contributed by atoms with van der Waals surface area (Å²) in [5.74, 6) is 0. The maximum atomic E-state index is 2.62. The summed E-state index contributed by atoms with van der Waals surface area (Å²) in [5.41, 5.74) is 0. The minimum atomic E-state index is -1.03. The Morgan fingerprint density at radius 2 is 1.71 bits per heavy atom. The van der Waals surface area contributed by atoms with Crippen LogP contribution in [0.4, 0.5) is 0 Å². The van der Waals surface area contributed by atoms with Crippen molar-refractivity contribution in [1.82, 2.24) is 0 Å². The summed E-state index contributed by atoms with van der Waals surface area (Å²) < 4.78 is -1.03. The summed E-state index contributed by atoms with van der Waals surface area (Å²) in [6.07, 6.45) is 1.36. The number of hydrogen-bond acceptors (Lipinski definition) is 0. The molecule has 0 aromatic rings. The molecule has 0 unspecified atom stereocenters. The molecule has 0 bridgehead atoms. The van der Waals surface area contributed by atoms with E-state index in [2.05, 4.69) is 66.9 Å². The monoisotopic (exact) mass is 475 g/mol. The van der Waals surface area contributed by atoms with Gasteiger partial charge in [0.2, 0.25) is 0 Å². The van der Waals surface area contributed by atoms with E-state index in [1.807, 2.05) is 0 Å². The number of rotatable bonds is 2. The van der Waals surface area contributed by atoms with Crippen molar-refractivity contribution in [2.75, 3.05) is 0 Å². The topological polar surface area (TPSA) is 0 Å². The third kappa shape index (κ3) is 8.77. The van der Waals surface area contributed by atoms with Crippen LogP contribution in [-0.4, -0.2) is 0 Å². The molecular formula is C3H7I3V. The first kappa shape index (κ1) is 9.77. The van der Waals surface area contributed by atoms with Crippen LogP contribution < -0.4 is 0 Å². The molecule has 0 amide bonds. The van der Waals surface area contributed by atoms with E-state index >= 15 is 0 Å². The van der Waals surface area contributed by atoms with Crippen LogP contribution in [0.15, 0.2) is 0 Å². The maximum absolute atomic E-state index is 2.62. The Morgan fingerprint density at radius 3 is 1.71 bits per heavy atom. The fourth-order valence-electron chi connectivity index (χ4n) is 0.254. The molecule has 0 saturated heterocycles. The molecule has 0 radical (unpaired) electrons. The fourth-order valence-corrected chi connectivity index (χ4v) is 7.01. The van der Waals surface area contributed by atoms with Crippen molar-refractivity contribution in [3.05, 3.63) is 0 Å². The zero-order valence-corrected chi connectivity index (χ0v) is 11.9. The van der Waals surface area contributed by atoms with E-state index in [0.29, 0.717) is 0 Å². The molecule has 45 valence electrons. The Balaban J connectivity index is 3.15. The normalized spacial score (nSPS) is 12.0. The van der Waals surface area contributed by atoms with E-state index in [1.54, 1.807) is 0 Å². The van der Waals surface area contributed by atoms with Crippen LogP contribution in [0.1, 0.15) is 13.3 Å². The molecule has 0 aromatic carbocycles. The van der Waals surface area contributed by atoms with Crippen LogP contribution in [0.3, 0.4) is 0 Å². The van der Waals surface area contributed by atoms with Crippen molar-refractivity contribution in [2.24, 2.45) is 0 Å². The third-order valence-electron chi connectivity index (χ3n) is 0.477. The first-order chi connectivity index (χ1) is 3.06. The van der Waals surface area contributed by atoms with Crippen molar-refractivity contribution in [3.8, 4) is 0 Å². The van der Waals surface area contributed by atoms with Gasteiger partial charge in [-0.15, -0.1) is 0 Å². The van der Waals surface area contributed by atoms with Crippen LogP contribution in [0.5, 0.6) is 0 Å². The van der Waals surface area contributed by atoms with Gasteiger partial charge in [-0.05, 0) is 0 Å². The molecule has 0 aliphatic heterocycles. The average Bonchev–Trinajstić information content (AvgIpc) is 1.30. The zero-order chi connectivity index (χ0) is 5.91. The first-order valence-corrected chi connectivity index (χ1v) is 16.5.